The zero-order valence-electron chi connectivity index (χ0n) is 9.71. The summed E-state index contributed by atoms with van der Waals surface area (Å²) in [6.45, 7) is -0.119. The van der Waals surface area contributed by atoms with Gasteiger partial charge < -0.3 is 5.11 Å². The first kappa shape index (κ1) is 12.6. The normalized spacial score (nSPS) is 9.61. The van der Waals surface area contributed by atoms with Crippen LogP contribution in [0.5, 0.6) is 0 Å². The summed E-state index contributed by atoms with van der Waals surface area (Å²) < 4.78 is 0. The second-order valence-electron chi connectivity index (χ2n) is 3.45. The fourth-order valence-corrected chi connectivity index (χ4v) is 2.24. The van der Waals surface area contributed by atoms with Crippen LogP contribution in [-0.2, 0) is 5.75 Å². The van der Waals surface area contributed by atoms with Crippen molar-refractivity contribution in [3.63, 3.8) is 0 Å². The zero-order valence-corrected chi connectivity index (χ0v) is 10.5. The van der Waals surface area contributed by atoms with Crippen molar-refractivity contribution in [1.82, 2.24) is 9.97 Å². The number of aliphatic hydroxyl groups is 1. The number of aromatic nitrogens is 2. The predicted octanol–water partition coefficient (Wildman–Crippen LogP) is 2.11. The van der Waals surface area contributed by atoms with E-state index in [2.05, 4.69) is 21.8 Å². The van der Waals surface area contributed by atoms with Gasteiger partial charge in [0.15, 0.2) is 0 Å². The molecular weight excluding hydrogens is 244 g/mol. The van der Waals surface area contributed by atoms with Gasteiger partial charge in [0.25, 0.3) is 0 Å². The van der Waals surface area contributed by atoms with Crippen molar-refractivity contribution in [2.75, 3.05) is 6.61 Å². The molecule has 0 unspecified atom stereocenters. The van der Waals surface area contributed by atoms with Gasteiger partial charge in [-0.25, -0.2) is 4.98 Å². The van der Waals surface area contributed by atoms with Crippen LogP contribution >= 0.6 is 11.8 Å². The second-order valence-corrected chi connectivity index (χ2v) is 4.44. The molecule has 0 amide bonds. The van der Waals surface area contributed by atoms with Crippen LogP contribution in [0.3, 0.4) is 0 Å². The molecule has 2 rings (SSSR count). The van der Waals surface area contributed by atoms with Gasteiger partial charge in [-0.2, -0.15) is 0 Å². The van der Waals surface area contributed by atoms with Crippen LogP contribution in [-0.4, -0.2) is 21.7 Å². The fourth-order valence-electron chi connectivity index (χ4n) is 1.41. The monoisotopic (exact) mass is 256 g/mol. The van der Waals surface area contributed by atoms with Gasteiger partial charge in [0.2, 0.25) is 0 Å². The van der Waals surface area contributed by atoms with Gasteiger partial charge in [-0.3, -0.25) is 4.98 Å². The van der Waals surface area contributed by atoms with Crippen molar-refractivity contribution < 1.29 is 5.11 Å². The molecule has 0 saturated carbocycles. The van der Waals surface area contributed by atoms with Crippen molar-refractivity contribution in [2.24, 2.45) is 0 Å². The summed E-state index contributed by atoms with van der Waals surface area (Å²) in [5.74, 6) is 6.41. The number of hydrogen-bond acceptors (Lipinski definition) is 4. The first-order valence-corrected chi connectivity index (χ1v) is 6.45. The summed E-state index contributed by atoms with van der Waals surface area (Å²) in [5, 5.41) is 9.62. The van der Waals surface area contributed by atoms with E-state index in [1.54, 1.807) is 30.4 Å². The van der Waals surface area contributed by atoms with Crippen LogP contribution in [0.1, 0.15) is 11.1 Å². The van der Waals surface area contributed by atoms with Crippen LogP contribution < -0.4 is 0 Å². The maximum atomic E-state index is 8.73. The van der Waals surface area contributed by atoms with Gasteiger partial charge in [0.05, 0.1) is 6.20 Å². The number of aliphatic hydroxyl groups excluding tert-OH is 1. The van der Waals surface area contributed by atoms with E-state index in [0.29, 0.717) is 0 Å². The predicted molar refractivity (Wildman–Crippen MR) is 72.0 cm³/mol. The highest BCUT2D eigenvalue weighted by Crippen LogP contribution is 2.21. The minimum Gasteiger partial charge on any atom is -0.384 e. The maximum Gasteiger partial charge on any atom is 0.115 e. The second kappa shape index (κ2) is 6.80. The Labute approximate surface area is 110 Å². The molecule has 18 heavy (non-hydrogen) atoms. The third-order valence-electron chi connectivity index (χ3n) is 2.23. The zero-order chi connectivity index (χ0) is 12.6. The minimum absolute atomic E-state index is 0.119. The van der Waals surface area contributed by atoms with Crippen molar-refractivity contribution in [1.29, 1.82) is 0 Å². The average molecular weight is 256 g/mol. The highest BCUT2D eigenvalue weighted by Gasteiger charge is 2.01. The van der Waals surface area contributed by atoms with Gasteiger partial charge >= 0.3 is 0 Å². The smallest absolute Gasteiger partial charge is 0.115 e. The summed E-state index contributed by atoms with van der Waals surface area (Å²) >= 11 is 1.62. The van der Waals surface area contributed by atoms with Crippen LogP contribution in [0, 0.1) is 11.8 Å². The average Bonchev–Trinajstić information content (AvgIpc) is 2.45. The lowest BCUT2D eigenvalue weighted by molar-refractivity contribution is 0.350. The molecule has 0 radical (unpaired) electrons. The van der Waals surface area contributed by atoms with Crippen molar-refractivity contribution in [3.8, 4) is 11.8 Å². The van der Waals surface area contributed by atoms with Crippen LogP contribution in [0.4, 0.5) is 0 Å². The van der Waals surface area contributed by atoms with E-state index < -0.39 is 0 Å². The Morgan fingerprint density at radius 2 is 2.11 bits per heavy atom. The van der Waals surface area contributed by atoms with Gasteiger partial charge in [0.1, 0.15) is 11.6 Å². The molecular formula is C14H12N2OS. The summed E-state index contributed by atoms with van der Waals surface area (Å²) in [6, 6.07) is 7.91. The summed E-state index contributed by atoms with van der Waals surface area (Å²) in [5.41, 5.74) is 2.08. The molecule has 0 spiro atoms. The van der Waals surface area contributed by atoms with E-state index in [9.17, 15) is 0 Å². The van der Waals surface area contributed by atoms with E-state index in [4.69, 9.17) is 5.11 Å². The lowest BCUT2D eigenvalue weighted by atomic mass is 10.1. The number of hydrogen-bond donors (Lipinski definition) is 1. The number of thioether (sulfide) groups is 1. The van der Waals surface area contributed by atoms with E-state index in [1.165, 1.54) is 0 Å². The molecule has 1 heterocycles. The molecule has 0 fully saturated rings. The van der Waals surface area contributed by atoms with Crippen LogP contribution in [0.25, 0.3) is 0 Å². The van der Waals surface area contributed by atoms with Crippen molar-refractivity contribution >= 4 is 11.8 Å². The Balaban J connectivity index is 2.09. The maximum absolute atomic E-state index is 8.73. The van der Waals surface area contributed by atoms with E-state index in [1.807, 2.05) is 24.3 Å². The van der Waals surface area contributed by atoms with E-state index in [-0.39, 0.29) is 6.61 Å². The molecule has 0 aliphatic heterocycles. The quantitative estimate of drug-likeness (QED) is 0.675. The van der Waals surface area contributed by atoms with Gasteiger partial charge in [-0.1, -0.05) is 30.0 Å². The minimum atomic E-state index is -0.119. The van der Waals surface area contributed by atoms with E-state index in [0.717, 1.165) is 21.9 Å². The molecule has 3 nitrogen and oxygen atoms in total. The standard InChI is InChI=1S/C14H12N2OS/c17-9-3-6-12-4-1-2-5-13(12)11-18-14-10-15-7-8-16-14/h1-2,4-5,7-8,10,17H,9,11H2. The molecule has 1 aromatic heterocycles. The molecule has 0 aliphatic rings. The summed E-state index contributed by atoms with van der Waals surface area (Å²) in [4.78, 5) is 8.23. The number of rotatable bonds is 3. The Kier molecular flexibility index (Phi) is 4.77. The molecule has 2 aromatic rings. The largest absolute Gasteiger partial charge is 0.384 e. The molecule has 0 atom stereocenters. The topological polar surface area (TPSA) is 46.0 Å². The Bertz CT molecular complexity index is 561. The number of nitrogens with zero attached hydrogens (tertiary/aromatic N) is 2. The molecule has 0 aliphatic carbocycles. The molecule has 0 bridgehead atoms. The molecule has 1 N–H and O–H groups in total. The van der Waals surface area contributed by atoms with Crippen LogP contribution in [0.2, 0.25) is 0 Å². The van der Waals surface area contributed by atoms with Crippen LogP contribution in [0.15, 0.2) is 47.9 Å². The fraction of sp³-hybridized carbons (Fsp3) is 0.143. The lowest BCUT2D eigenvalue weighted by Crippen LogP contribution is -1.89. The van der Waals surface area contributed by atoms with E-state index >= 15 is 0 Å². The summed E-state index contributed by atoms with van der Waals surface area (Å²) in [6.07, 6.45) is 5.08. The highest BCUT2D eigenvalue weighted by atomic mass is 32.2. The van der Waals surface area contributed by atoms with Gasteiger partial charge in [0, 0.05) is 23.7 Å². The first-order valence-electron chi connectivity index (χ1n) is 5.46. The molecule has 90 valence electrons. The SMILES string of the molecule is OCC#Cc1ccccc1CSc1cnccn1. The third kappa shape index (κ3) is 3.59. The molecule has 1 aromatic carbocycles. The summed E-state index contributed by atoms with van der Waals surface area (Å²) in [7, 11) is 0. The lowest BCUT2D eigenvalue weighted by Gasteiger charge is -2.03. The third-order valence-corrected chi connectivity index (χ3v) is 3.20. The first-order chi connectivity index (χ1) is 8.90. The Morgan fingerprint density at radius 1 is 1.22 bits per heavy atom. The Hall–Kier alpha value is -1.83. The Morgan fingerprint density at radius 3 is 2.89 bits per heavy atom. The van der Waals surface area contributed by atoms with Gasteiger partial charge in [-0.15, -0.1) is 11.8 Å². The van der Waals surface area contributed by atoms with Crippen molar-refractivity contribution in [2.45, 2.75) is 10.8 Å². The molecule has 4 heteroatoms. The van der Waals surface area contributed by atoms with Gasteiger partial charge in [-0.05, 0) is 11.6 Å². The van der Waals surface area contributed by atoms with Crippen molar-refractivity contribution in [3.05, 3.63) is 54.0 Å². The number of benzene rings is 1. The molecule has 0 saturated heterocycles. The highest BCUT2D eigenvalue weighted by molar-refractivity contribution is 7.98.